The number of aromatic nitrogens is 3. The predicted octanol–water partition coefficient (Wildman–Crippen LogP) is -0.429. The maximum atomic E-state index is 12.1. The van der Waals surface area contributed by atoms with Gasteiger partial charge in [0.15, 0.2) is 6.73 Å². The van der Waals surface area contributed by atoms with Crippen molar-refractivity contribution in [1.82, 2.24) is 20.3 Å². The average molecular weight is 288 g/mol. The molecule has 8 heteroatoms. The number of carbonyl (C=O) groups is 2. The minimum absolute atomic E-state index is 0.181. The van der Waals surface area contributed by atoms with E-state index < -0.39 is 12.0 Å². The summed E-state index contributed by atoms with van der Waals surface area (Å²) in [6.07, 6.45) is 0.700. The van der Waals surface area contributed by atoms with E-state index in [4.69, 9.17) is 4.74 Å². The van der Waals surface area contributed by atoms with Gasteiger partial charge in [-0.15, -0.1) is 5.10 Å². The molecule has 3 rings (SSSR count). The maximum absolute atomic E-state index is 12.1. The number of nitrogens with one attached hydrogen (secondary N) is 1. The second-order valence-corrected chi connectivity index (χ2v) is 4.66. The quantitative estimate of drug-likeness (QED) is 0.769. The zero-order valence-electron chi connectivity index (χ0n) is 11.0. The molecule has 2 heterocycles. The Hall–Kier alpha value is -2.77. The second-order valence-electron chi connectivity index (χ2n) is 4.66. The van der Waals surface area contributed by atoms with Gasteiger partial charge < -0.3 is 10.1 Å². The molecular weight excluding hydrogens is 276 g/mol. The van der Waals surface area contributed by atoms with Gasteiger partial charge in [0.05, 0.1) is 5.39 Å². The standard InChI is InChI=1S/C13H12N4O4/c18-11-6-5-10(14-11)13(20)21-7-17-12(19)8-3-1-2-4-9(8)15-16-17/h1-4,10H,5-7H2,(H,14,18)/t10-/m0/s1. The second kappa shape index (κ2) is 5.31. The Bertz CT molecular complexity index is 770. The first-order chi connectivity index (χ1) is 10.1. The monoisotopic (exact) mass is 288 g/mol. The van der Waals surface area contributed by atoms with E-state index in [0.29, 0.717) is 23.7 Å². The van der Waals surface area contributed by atoms with Gasteiger partial charge in [-0.2, -0.15) is 4.68 Å². The zero-order chi connectivity index (χ0) is 14.8. The molecule has 1 aliphatic rings. The van der Waals surface area contributed by atoms with Gasteiger partial charge in [0.2, 0.25) is 5.91 Å². The first kappa shape index (κ1) is 13.2. The van der Waals surface area contributed by atoms with E-state index in [0.717, 1.165) is 4.68 Å². The van der Waals surface area contributed by atoms with E-state index in [1.54, 1.807) is 24.3 Å². The summed E-state index contributed by atoms with van der Waals surface area (Å²) in [5.74, 6) is -0.762. The Labute approximate surface area is 118 Å². The molecule has 8 nitrogen and oxygen atoms in total. The Morgan fingerprint density at radius 2 is 2.19 bits per heavy atom. The molecule has 21 heavy (non-hydrogen) atoms. The summed E-state index contributed by atoms with van der Waals surface area (Å²) in [6, 6.07) is 6.12. The Balaban J connectivity index is 1.73. The molecule has 0 unspecified atom stereocenters. The van der Waals surface area contributed by atoms with Crippen LogP contribution < -0.4 is 10.9 Å². The van der Waals surface area contributed by atoms with Crippen molar-refractivity contribution >= 4 is 22.8 Å². The van der Waals surface area contributed by atoms with Crippen LogP contribution in [0.25, 0.3) is 10.9 Å². The van der Waals surface area contributed by atoms with Crippen molar-refractivity contribution in [3.8, 4) is 0 Å². The van der Waals surface area contributed by atoms with Gasteiger partial charge in [0.25, 0.3) is 5.56 Å². The third kappa shape index (κ3) is 2.60. The molecule has 1 N–H and O–H groups in total. The lowest BCUT2D eigenvalue weighted by atomic mass is 10.2. The topological polar surface area (TPSA) is 103 Å². The summed E-state index contributed by atoms with van der Waals surface area (Å²) >= 11 is 0. The number of ether oxygens (including phenoxy) is 1. The van der Waals surface area contributed by atoms with Gasteiger partial charge in [-0.1, -0.05) is 17.3 Å². The summed E-state index contributed by atoms with van der Waals surface area (Å²) in [7, 11) is 0. The fourth-order valence-electron chi connectivity index (χ4n) is 2.12. The lowest BCUT2D eigenvalue weighted by Gasteiger charge is -2.10. The largest absolute Gasteiger partial charge is 0.441 e. The summed E-state index contributed by atoms with van der Waals surface area (Å²) in [6.45, 7) is -0.331. The molecule has 1 aromatic heterocycles. The number of fused-ring (bicyclic) bond motifs is 1. The third-order valence-electron chi connectivity index (χ3n) is 3.24. The van der Waals surface area contributed by atoms with Crippen LogP contribution in [0.1, 0.15) is 12.8 Å². The highest BCUT2D eigenvalue weighted by Crippen LogP contribution is 2.08. The van der Waals surface area contributed by atoms with Crippen LogP contribution in [0.2, 0.25) is 0 Å². The van der Waals surface area contributed by atoms with Crippen molar-refractivity contribution in [2.45, 2.75) is 25.6 Å². The molecule has 1 fully saturated rings. The number of rotatable bonds is 3. The summed E-state index contributed by atoms with van der Waals surface area (Å²) in [5.41, 5.74) is 0.0944. The number of amides is 1. The van der Waals surface area contributed by atoms with E-state index in [1.807, 2.05) is 0 Å². The van der Waals surface area contributed by atoms with Crippen molar-refractivity contribution in [1.29, 1.82) is 0 Å². The Kier molecular flexibility index (Phi) is 3.35. The van der Waals surface area contributed by atoms with E-state index >= 15 is 0 Å². The molecule has 1 aromatic carbocycles. The first-order valence-electron chi connectivity index (χ1n) is 6.44. The molecule has 0 bridgehead atoms. The minimum atomic E-state index is -0.651. The van der Waals surface area contributed by atoms with Crippen molar-refractivity contribution < 1.29 is 14.3 Å². The fraction of sp³-hybridized carbons (Fsp3) is 0.308. The number of hydrogen-bond acceptors (Lipinski definition) is 6. The van der Waals surface area contributed by atoms with Crippen LogP contribution in [-0.2, 0) is 21.1 Å². The lowest BCUT2D eigenvalue weighted by molar-refractivity contribution is -0.150. The highest BCUT2D eigenvalue weighted by Gasteiger charge is 2.28. The number of benzene rings is 1. The highest BCUT2D eigenvalue weighted by molar-refractivity contribution is 5.87. The van der Waals surface area contributed by atoms with E-state index in [1.165, 1.54) is 0 Å². The Morgan fingerprint density at radius 3 is 2.95 bits per heavy atom. The van der Waals surface area contributed by atoms with Crippen molar-refractivity contribution in [3.05, 3.63) is 34.6 Å². The van der Waals surface area contributed by atoms with E-state index in [2.05, 4.69) is 15.6 Å². The number of hydrogen-bond donors (Lipinski definition) is 1. The number of nitrogens with zero attached hydrogens (tertiary/aromatic N) is 3. The van der Waals surface area contributed by atoms with Crippen LogP contribution in [0.5, 0.6) is 0 Å². The molecule has 0 spiro atoms. The number of esters is 1. The summed E-state index contributed by atoms with van der Waals surface area (Å²) in [5, 5.41) is 10.5. The fourth-order valence-corrected chi connectivity index (χ4v) is 2.12. The molecule has 1 aliphatic heterocycles. The first-order valence-corrected chi connectivity index (χ1v) is 6.44. The molecule has 2 aromatic rings. The third-order valence-corrected chi connectivity index (χ3v) is 3.24. The minimum Gasteiger partial charge on any atom is -0.441 e. The van der Waals surface area contributed by atoms with Crippen LogP contribution in [0.4, 0.5) is 0 Å². The molecule has 0 radical (unpaired) electrons. The van der Waals surface area contributed by atoms with Crippen LogP contribution in [0.3, 0.4) is 0 Å². The SMILES string of the molecule is O=C1CC[C@@H](C(=O)OCn2nnc3ccccc3c2=O)N1. The maximum Gasteiger partial charge on any atom is 0.330 e. The van der Waals surface area contributed by atoms with Gasteiger partial charge in [0.1, 0.15) is 11.6 Å². The van der Waals surface area contributed by atoms with Crippen LogP contribution in [-0.4, -0.2) is 32.9 Å². The van der Waals surface area contributed by atoms with Gasteiger partial charge in [-0.05, 0) is 18.6 Å². The Morgan fingerprint density at radius 1 is 1.38 bits per heavy atom. The van der Waals surface area contributed by atoms with Gasteiger partial charge in [0, 0.05) is 6.42 Å². The summed E-state index contributed by atoms with van der Waals surface area (Å²) in [4.78, 5) is 34.9. The highest BCUT2D eigenvalue weighted by atomic mass is 16.5. The van der Waals surface area contributed by atoms with Gasteiger partial charge in [-0.3, -0.25) is 9.59 Å². The molecule has 1 saturated heterocycles. The predicted molar refractivity (Wildman–Crippen MR) is 71.1 cm³/mol. The lowest BCUT2D eigenvalue weighted by Crippen LogP contribution is -2.36. The molecule has 1 amide bonds. The van der Waals surface area contributed by atoms with Crippen molar-refractivity contribution in [2.75, 3.05) is 0 Å². The molecule has 0 saturated carbocycles. The average Bonchev–Trinajstić information content (AvgIpc) is 2.93. The summed E-state index contributed by atoms with van der Waals surface area (Å²) < 4.78 is 5.97. The molecule has 1 atom stereocenters. The van der Waals surface area contributed by atoms with Crippen molar-refractivity contribution in [2.24, 2.45) is 0 Å². The zero-order valence-corrected chi connectivity index (χ0v) is 11.0. The molecule has 108 valence electrons. The van der Waals surface area contributed by atoms with Crippen LogP contribution >= 0.6 is 0 Å². The van der Waals surface area contributed by atoms with Crippen molar-refractivity contribution in [3.63, 3.8) is 0 Å². The molecular formula is C13H12N4O4. The van der Waals surface area contributed by atoms with Gasteiger partial charge >= 0.3 is 5.97 Å². The van der Waals surface area contributed by atoms with Crippen LogP contribution in [0.15, 0.2) is 29.1 Å². The van der Waals surface area contributed by atoms with E-state index in [9.17, 15) is 14.4 Å². The normalized spacial score (nSPS) is 17.7. The smallest absolute Gasteiger partial charge is 0.330 e. The molecule has 0 aliphatic carbocycles. The van der Waals surface area contributed by atoms with E-state index in [-0.39, 0.29) is 18.2 Å². The van der Waals surface area contributed by atoms with Gasteiger partial charge in [-0.25, -0.2) is 4.79 Å². The van der Waals surface area contributed by atoms with Crippen LogP contribution in [0, 0.1) is 0 Å². The number of carbonyl (C=O) groups excluding carboxylic acids is 2.